The predicted molar refractivity (Wildman–Crippen MR) is 122 cm³/mol. The molecule has 0 spiro atoms. The van der Waals surface area contributed by atoms with E-state index in [9.17, 15) is 18.0 Å². The Morgan fingerprint density at radius 1 is 0.968 bits per heavy atom. The van der Waals surface area contributed by atoms with Crippen molar-refractivity contribution in [2.45, 2.75) is 6.92 Å². The Balaban J connectivity index is 1.58. The average molecular weight is 465 g/mol. The maximum Gasteiger partial charge on any atom is 0.257 e. The number of carbonyl (C=O) groups is 2. The van der Waals surface area contributed by atoms with E-state index in [-0.39, 0.29) is 24.1 Å². The zero-order valence-electron chi connectivity index (χ0n) is 17.2. The topological polar surface area (TPSA) is 98.8 Å². The zero-order valence-corrected chi connectivity index (χ0v) is 18.7. The van der Waals surface area contributed by atoms with E-state index in [0.717, 1.165) is 0 Å². The van der Waals surface area contributed by atoms with Gasteiger partial charge in [0.05, 0.1) is 23.5 Å². The number of para-hydroxylation sites is 1. The summed E-state index contributed by atoms with van der Waals surface area (Å²) in [5, 5.41) is 6.14. The molecule has 1 saturated heterocycles. The fraction of sp³-hybridized carbons (Fsp3) is 0.333. The molecule has 1 heterocycles. The summed E-state index contributed by atoms with van der Waals surface area (Å²) in [6.07, 6.45) is 0. The van der Waals surface area contributed by atoms with Gasteiger partial charge < -0.3 is 10.6 Å². The number of anilines is 2. The number of carbonyl (C=O) groups excluding carboxylic acids is 2. The number of rotatable bonds is 7. The largest absolute Gasteiger partial charge is 0.324 e. The van der Waals surface area contributed by atoms with Gasteiger partial charge in [0.15, 0.2) is 0 Å². The van der Waals surface area contributed by atoms with Gasteiger partial charge in [0, 0.05) is 36.9 Å². The molecule has 0 radical (unpaired) electrons. The third-order valence-corrected chi connectivity index (χ3v) is 7.14. The number of sulfonamides is 1. The van der Waals surface area contributed by atoms with Gasteiger partial charge in [0.1, 0.15) is 0 Å². The molecule has 8 nitrogen and oxygen atoms in total. The summed E-state index contributed by atoms with van der Waals surface area (Å²) in [5.41, 5.74) is 1.34. The molecule has 0 unspecified atom stereocenters. The van der Waals surface area contributed by atoms with E-state index in [2.05, 4.69) is 10.6 Å². The molecule has 1 fully saturated rings. The number of nitrogens with one attached hydrogen (secondary N) is 2. The van der Waals surface area contributed by atoms with E-state index >= 15 is 0 Å². The number of halogens is 1. The molecular formula is C21H25ClN4O4S. The van der Waals surface area contributed by atoms with Gasteiger partial charge in [-0.15, -0.1) is 0 Å². The highest BCUT2D eigenvalue weighted by atomic mass is 35.5. The summed E-state index contributed by atoms with van der Waals surface area (Å²) in [5.74, 6) is -0.544. The minimum atomic E-state index is -3.21. The van der Waals surface area contributed by atoms with Crippen LogP contribution in [-0.4, -0.2) is 67.9 Å². The number of benzene rings is 2. The SMILES string of the molecule is CCS(=O)(=O)N1CCN(CC(=O)Nc2ccccc2C(=O)Nc2ccc(Cl)cc2)CC1. The van der Waals surface area contributed by atoms with Gasteiger partial charge in [-0.1, -0.05) is 23.7 Å². The van der Waals surface area contributed by atoms with Crippen LogP contribution in [0, 0.1) is 0 Å². The van der Waals surface area contributed by atoms with Gasteiger partial charge >= 0.3 is 0 Å². The van der Waals surface area contributed by atoms with Crippen molar-refractivity contribution in [2.75, 3.05) is 49.1 Å². The fourth-order valence-corrected chi connectivity index (χ4v) is 4.47. The van der Waals surface area contributed by atoms with E-state index in [0.29, 0.717) is 48.1 Å². The highest BCUT2D eigenvalue weighted by Gasteiger charge is 2.26. The Morgan fingerprint density at radius 3 is 2.26 bits per heavy atom. The Kier molecular flexibility index (Phi) is 7.66. The van der Waals surface area contributed by atoms with Gasteiger partial charge in [-0.2, -0.15) is 4.31 Å². The third-order valence-electron chi connectivity index (χ3n) is 5.00. The molecule has 0 bridgehead atoms. The highest BCUT2D eigenvalue weighted by Crippen LogP contribution is 2.19. The van der Waals surface area contributed by atoms with Gasteiger partial charge in [-0.25, -0.2) is 8.42 Å². The monoisotopic (exact) mass is 464 g/mol. The van der Waals surface area contributed by atoms with E-state index in [1.165, 1.54) is 4.31 Å². The highest BCUT2D eigenvalue weighted by molar-refractivity contribution is 7.89. The van der Waals surface area contributed by atoms with Gasteiger partial charge in [0.25, 0.3) is 5.91 Å². The lowest BCUT2D eigenvalue weighted by Crippen LogP contribution is -2.50. The van der Waals surface area contributed by atoms with Crippen molar-refractivity contribution in [3.8, 4) is 0 Å². The zero-order chi connectivity index (χ0) is 22.4. The van der Waals surface area contributed by atoms with Gasteiger partial charge in [-0.3, -0.25) is 14.5 Å². The second-order valence-electron chi connectivity index (χ2n) is 7.13. The molecule has 2 N–H and O–H groups in total. The van der Waals surface area contributed by atoms with Gasteiger partial charge in [0.2, 0.25) is 15.9 Å². The maximum absolute atomic E-state index is 12.7. The summed E-state index contributed by atoms with van der Waals surface area (Å²) in [7, 11) is -3.21. The number of piperazine rings is 1. The Bertz CT molecular complexity index is 1040. The van der Waals surface area contributed by atoms with Crippen LogP contribution in [0.5, 0.6) is 0 Å². The first-order valence-corrected chi connectivity index (χ1v) is 11.9. The molecular weight excluding hydrogens is 440 g/mol. The van der Waals surface area contributed by atoms with E-state index in [1.54, 1.807) is 55.5 Å². The quantitative estimate of drug-likeness (QED) is 0.656. The second kappa shape index (κ2) is 10.2. The lowest BCUT2D eigenvalue weighted by molar-refractivity contribution is -0.117. The number of amides is 2. The minimum absolute atomic E-state index is 0.0718. The molecule has 1 aliphatic rings. The summed E-state index contributed by atoms with van der Waals surface area (Å²) in [4.78, 5) is 27.1. The first kappa shape index (κ1) is 23.2. The molecule has 0 atom stereocenters. The fourth-order valence-electron chi connectivity index (χ4n) is 3.26. The van der Waals surface area contributed by atoms with Crippen LogP contribution in [0.25, 0.3) is 0 Å². The smallest absolute Gasteiger partial charge is 0.257 e. The van der Waals surface area contributed by atoms with Crippen LogP contribution in [-0.2, 0) is 14.8 Å². The molecule has 3 rings (SSSR count). The predicted octanol–water partition coefficient (Wildman–Crippen LogP) is 2.50. The van der Waals surface area contributed by atoms with Crippen molar-refractivity contribution in [3.63, 3.8) is 0 Å². The molecule has 0 aliphatic carbocycles. The first-order valence-electron chi connectivity index (χ1n) is 9.94. The average Bonchev–Trinajstić information content (AvgIpc) is 2.76. The first-order chi connectivity index (χ1) is 14.8. The van der Waals surface area contributed by atoms with Crippen LogP contribution in [0.2, 0.25) is 5.02 Å². The molecule has 10 heteroatoms. The summed E-state index contributed by atoms with van der Waals surface area (Å²) < 4.78 is 25.4. The van der Waals surface area contributed by atoms with Crippen LogP contribution in [0.3, 0.4) is 0 Å². The summed E-state index contributed by atoms with van der Waals surface area (Å²) >= 11 is 5.87. The van der Waals surface area contributed by atoms with Crippen LogP contribution >= 0.6 is 11.6 Å². The molecule has 0 aromatic heterocycles. The molecule has 2 amide bonds. The lowest BCUT2D eigenvalue weighted by atomic mass is 10.1. The molecule has 2 aromatic rings. The summed E-state index contributed by atoms with van der Waals surface area (Å²) in [6, 6.07) is 13.5. The van der Waals surface area contributed by atoms with Crippen molar-refractivity contribution in [2.24, 2.45) is 0 Å². The Hall–Kier alpha value is -2.46. The number of hydrogen-bond donors (Lipinski definition) is 2. The van der Waals surface area contributed by atoms with Crippen LogP contribution in [0.1, 0.15) is 17.3 Å². The number of hydrogen-bond acceptors (Lipinski definition) is 5. The Labute approximate surface area is 187 Å². The van der Waals surface area contributed by atoms with Crippen molar-refractivity contribution < 1.29 is 18.0 Å². The number of nitrogens with zero attached hydrogens (tertiary/aromatic N) is 2. The summed E-state index contributed by atoms with van der Waals surface area (Å²) in [6.45, 7) is 3.42. The molecule has 1 aliphatic heterocycles. The van der Waals surface area contributed by atoms with Crippen LogP contribution < -0.4 is 10.6 Å². The normalized spacial score (nSPS) is 15.4. The van der Waals surface area contributed by atoms with Crippen molar-refractivity contribution in [1.29, 1.82) is 0 Å². The second-order valence-corrected chi connectivity index (χ2v) is 9.82. The third kappa shape index (κ3) is 6.27. The van der Waals surface area contributed by atoms with Crippen molar-refractivity contribution >= 4 is 44.8 Å². The molecule has 31 heavy (non-hydrogen) atoms. The van der Waals surface area contributed by atoms with Crippen molar-refractivity contribution in [1.82, 2.24) is 9.21 Å². The van der Waals surface area contributed by atoms with E-state index < -0.39 is 10.0 Å². The Morgan fingerprint density at radius 2 is 1.61 bits per heavy atom. The molecule has 0 saturated carbocycles. The van der Waals surface area contributed by atoms with Crippen molar-refractivity contribution in [3.05, 3.63) is 59.1 Å². The van der Waals surface area contributed by atoms with E-state index in [4.69, 9.17) is 11.6 Å². The van der Waals surface area contributed by atoms with Crippen LogP contribution in [0.15, 0.2) is 48.5 Å². The lowest BCUT2D eigenvalue weighted by Gasteiger charge is -2.33. The minimum Gasteiger partial charge on any atom is -0.324 e. The van der Waals surface area contributed by atoms with E-state index in [1.807, 2.05) is 4.90 Å². The molecule has 166 valence electrons. The van der Waals surface area contributed by atoms with Crippen LogP contribution in [0.4, 0.5) is 11.4 Å². The van der Waals surface area contributed by atoms with Gasteiger partial charge in [-0.05, 0) is 43.3 Å². The molecule has 2 aromatic carbocycles. The standard InChI is InChI=1S/C21H25ClN4O4S/c1-2-31(29,30)26-13-11-25(12-14-26)15-20(27)24-19-6-4-3-5-18(19)21(28)23-17-9-7-16(22)8-10-17/h3-10H,2,11-15H2,1H3,(H,23,28)(H,24,27). The maximum atomic E-state index is 12.7.